The molecule has 1 fully saturated rings. The van der Waals surface area contributed by atoms with E-state index in [1.165, 1.54) is 22.3 Å². The van der Waals surface area contributed by atoms with Gasteiger partial charge in [0.15, 0.2) is 0 Å². The first-order valence-corrected chi connectivity index (χ1v) is 11.0. The number of anilines is 1. The zero-order valence-corrected chi connectivity index (χ0v) is 17.3. The summed E-state index contributed by atoms with van der Waals surface area (Å²) in [7, 11) is 0. The van der Waals surface area contributed by atoms with Crippen LogP contribution in [0, 0.1) is 0 Å². The first kappa shape index (κ1) is 18.9. The van der Waals surface area contributed by atoms with Crippen LogP contribution in [0.1, 0.15) is 11.8 Å². The van der Waals surface area contributed by atoms with Crippen LogP contribution < -0.4 is 4.90 Å². The van der Waals surface area contributed by atoms with Crippen LogP contribution in [0.5, 0.6) is 0 Å². The summed E-state index contributed by atoms with van der Waals surface area (Å²) in [4.78, 5) is 18.4. The van der Waals surface area contributed by atoms with Gasteiger partial charge >= 0.3 is 0 Å². The molecule has 0 bridgehead atoms. The SMILES string of the molecule is CC(Sc1nnnn1Cc1cccs1)C(=O)N1CCN(c2ccccc2)CC1. The van der Waals surface area contributed by atoms with Crippen LogP contribution in [0.15, 0.2) is 53.0 Å². The second-order valence-electron chi connectivity index (χ2n) is 6.61. The molecule has 0 spiro atoms. The fourth-order valence-electron chi connectivity index (χ4n) is 3.22. The van der Waals surface area contributed by atoms with Gasteiger partial charge in [-0.15, -0.1) is 16.4 Å². The molecule has 0 N–H and O–H groups in total. The van der Waals surface area contributed by atoms with E-state index < -0.39 is 0 Å². The predicted molar refractivity (Wildman–Crippen MR) is 112 cm³/mol. The molecular formula is C19H22N6OS2. The summed E-state index contributed by atoms with van der Waals surface area (Å²) < 4.78 is 1.76. The highest BCUT2D eigenvalue weighted by atomic mass is 32.2. The van der Waals surface area contributed by atoms with Gasteiger partial charge in [0.05, 0.1) is 11.8 Å². The van der Waals surface area contributed by atoms with Crippen molar-refractivity contribution in [3.63, 3.8) is 0 Å². The number of hydrogen-bond acceptors (Lipinski definition) is 7. The maximum absolute atomic E-state index is 12.9. The average Bonchev–Trinajstić information content (AvgIpc) is 3.41. The lowest BCUT2D eigenvalue weighted by molar-refractivity contribution is -0.130. The van der Waals surface area contributed by atoms with Gasteiger partial charge in [-0.1, -0.05) is 36.0 Å². The summed E-state index contributed by atoms with van der Waals surface area (Å²) in [6.45, 7) is 5.73. The van der Waals surface area contributed by atoms with Crippen molar-refractivity contribution in [2.45, 2.75) is 23.9 Å². The maximum Gasteiger partial charge on any atom is 0.236 e. The maximum atomic E-state index is 12.9. The molecule has 146 valence electrons. The van der Waals surface area contributed by atoms with E-state index in [1.54, 1.807) is 16.0 Å². The van der Waals surface area contributed by atoms with Crippen LogP contribution in [0.4, 0.5) is 5.69 Å². The third-order valence-corrected chi connectivity index (χ3v) is 6.65. The molecule has 1 aliphatic rings. The summed E-state index contributed by atoms with van der Waals surface area (Å²) in [6.07, 6.45) is 0. The van der Waals surface area contributed by atoms with Crippen LogP contribution in [0.25, 0.3) is 0 Å². The third kappa shape index (κ3) is 4.36. The highest BCUT2D eigenvalue weighted by molar-refractivity contribution is 8.00. The molecule has 28 heavy (non-hydrogen) atoms. The third-order valence-electron chi connectivity index (χ3n) is 4.73. The van der Waals surface area contributed by atoms with Crippen molar-refractivity contribution in [3.8, 4) is 0 Å². The molecular weight excluding hydrogens is 392 g/mol. The molecule has 3 aromatic rings. The van der Waals surface area contributed by atoms with E-state index in [4.69, 9.17) is 0 Å². The molecule has 1 unspecified atom stereocenters. The minimum Gasteiger partial charge on any atom is -0.368 e. The van der Waals surface area contributed by atoms with Gasteiger partial charge in [-0.25, -0.2) is 4.68 Å². The number of para-hydroxylation sites is 1. The van der Waals surface area contributed by atoms with Crippen LogP contribution in [0.2, 0.25) is 0 Å². The van der Waals surface area contributed by atoms with Gasteiger partial charge in [-0.05, 0) is 40.9 Å². The normalized spacial score (nSPS) is 15.6. The summed E-state index contributed by atoms with van der Waals surface area (Å²) in [5.74, 6) is 0.142. The first-order chi connectivity index (χ1) is 13.7. The van der Waals surface area contributed by atoms with Gasteiger partial charge in [0.2, 0.25) is 11.1 Å². The Morgan fingerprint density at radius 3 is 2.64 bits per heavy atom. The standard InChI is InChI=1S/C19H22N6OS2/c1-15(28-19-20-21-22-25(19)14-17-8-5-13-27-17)18(26)24-11-9-23(10-12-24)16-6-3-2-4-7-16/h2-8,13,15H,9-12,14H2,1H3. The Morgan fingerprint density at radius 2 is 1.93 bits per heavy atom. The number of aromatic nitrogens is 4. The fourth-order valence-corrected chi connectivity index (χ4v) is 4.78. The molecule has 7 nitrogen and oxygen atoms in total. The van der Waals surface area contributed by atoms with E-state index in [2.05, 4.69) is 38.6 Å². The number of carbonyl (C=O) groups is 1. The van der Waals surface area contributed by atoms with Gasteiger partial charge < -0.3 is 9.80 Å². The minimum absolute atomic E-state index is 0.142. The Bertz CT molecular complexity index is 890. The second-order valence-corrected chi connectivity index (χ2v) is 8.95. The molecule has 9 heteroatoms. The van der Waals surface area contributed by atoms with Crippen molar-refractivity contribution in [1.82, 2.24) is 25.1 Å². The van der Waals surface area contributed by atoms with Crippen LogP contribution in [0.3, 0.4) is 0 Å². The number of nitrogens with zero attached hydrogens (tertiary/aromatic N) is 6. The smallest absolute Gasteiger partial charge is 0.236 e. The van der Waals surface area contributed by atoms with Gasteiger partial charge in [-0.2, -0.15) is 0 Å². The molecule has 3 heterocycles. The molecule has 1 amide bonds. The highest BCUT2D eigenvalue weighted by Gasteiger charge is 2.27. The van der Waals surface area contributed by atoms with E-state index in [-0.39, 0.29) is 11.2 Å². The van der Waals surface area contributed by atoms with Crippen molar-refractivity contribution in [3.05, 3.63) is 52.7 Å². The summed E-state index contributed by atoms with van der Waals surface area (Å²) >= 11 is 3.09. The first-order valence-electron chi connectivity index (χ1n) is 9.24. The Balaban J connectivity index is 1.33. The monoisotopic (exact) mass is 414 g/mol. The Morgan fingerprint density at radius 1 is 1.14 bits per heavy atom. The number of rotatable bonds is 6. The Kier molecular flexibility index (Phi) is 5.92. The van der Waals surface area contributed by atoms with Crippen molar-refractivity contribution < 1.29 is 4.79 Å². The van der Waals surface area contributed by atoms with Crippen molar-refractivity contribution >= 4 is 34.7 Å². The lowest BCUT2D eigenvalue weighted by atomic mass is 10.2. The summed E-state index contributed by atoms with van der Waals surface area (Å²) in [5.41, 5.74) is 1.21. The molecule has 1 aromatic carbocycles. The van der Waals surface area contributed by atoms with Gasteiger partial charge in [0.1, 0.15) is 0 Å². The Labute approximate surface area is 172 Å². The average molecular weight is 415 g/mol. The van der Waals surface area contributed by atoms with E-state index in [0.717, 1.165) is 26.2 Å². The largest absolute Gasteiger partial charge is 0.368 e. The molecule has 1 aliphatic heterocycles. The lowest BCUT2D eigenvalue weighted by Gasteiger charge is -2.37. The van der Waals surface area contributed by atoms with Crippen molar-refractivity contribution in [2.24, 2.45) is 0 Å². The van der Waals surface area contributed by atoms with E-state index in [0.29, 0.717) is 11.7 Å². The van der Waals surface area contributed by atoms with Crippen LogP contribution in [-0.2, 0) is 11.3 Å². The van der Waals surface area contributed by atoms with Gasteiger partial charge in [-0.3, -0.25) is 4.79 Å². The number of thiophene rings is 1. The molecule has 4 rings (SSSR count). The van der Waals surface area contributed by atoms with E-state index in [1.807, 2.05) is 41.5 Å². The molecule has 0 aliphatic carbocycles. The number of thioether (sulfide) groups is 1. The number of tetrazole rings is 1. The number of piperazine rings is 1. The number of benzene rings is 1. The van der Waals surface area contributed by atoms with Gasteiger partial charge in [0.25, 0.3) is 0 Å². The van der Waals surface area contributed by atoms with Crippen LogP contribution >= 0.6 is 23.1 Å². The summed E-state index contributed by atoms with van der Waals surface area (Å²) in [6, 6.07) is 14.4. The highest BCUT2D eigenvalue weighted by Crippen LogP contribution is 2.24. The number of hydrogen-bond donors (Lipinski definition) is 0. The topological polar surface area (TPSA) is 67.2 Å². The predicted octanol–water partition coefficient (Wildman–Crippen LogP) is 2.61. The number of carbonyl (C=O) groups excluding carboxylic acids is 1. The van der Waals surface area contributed by atoms with Crippen molar-refractivity contribution in [1.29, 1.82) is 0 Å². The quantitative estimate of drug-likeness (QED) is 0.578. The van der Waals surface area contributed by atoms with Crippen LogP contribution in [-0.4, -0.2) is 62.4 Å². The fraction of sp³-hybridized carbons (Fsp3) is 0.368. The van der Waals surface area contributed by atoms with Gasteiger partial charge in [0, 0.05) is 36.7 Å². The molecule has 0 saturated carbocycles. The summed E-state index contributed by atoms with van der Waals surface area (Å²) in [5, 5.41) is 14.4. The molecule has 0 radical (unpaired) electrons. The zero-order valence-electron chi connectivity index (χ0n) is 15.6. The zero-order chi connectivity index (χ0) is 19.3. The van der Waals surface area contributed by atoms with E-state index in [9.17, 15) is 4.79 Å². The van der Waals surface area contributed by atoms with E-state index >= 15 is 0 Å². The molecule has 1 atom stereocenters. The lowest BCUT2D eigenvalue weighted by Crippen LogP contribution is -2.50. The Hall–Kier alpha value is -2.39. The molecule has 1 saturated heterocycles. The molecule has 2 aromatic heterocycles. The number of amides is 1. The minimum atomic E-state index is -0.226. The van der Waals surface area contributed by atoms with Crippen molar-refractivity contribution in [2.75, 3.05) is 31.1 Å². The second kappa shape index (κ2) is 8.74.